The summed E-state index contributed by atoms with van der Waals surface area (Å²) in [5.74, 6) is 2.50. The summed E-state index contributed by atoms with van der Waals surface area (Å²) in [5.41, 5.74) is 3.16. The van der Waals surface area contributed by atoms with Gasteiger partial charge >= 0.3 is 0 Å². The summed E-state index contributed by atoms with van der Waals surface area (Å²) >= 11 is 1.38. The van der Waals surface area contributed by atoms with Crippen molar-refractivity contribution < 1.29 is 14.3 Å². The van der Waals surface area contributed by atoms with Gasteiger partial charge in [-0.1, -0.05) is 54.2 Å². The maximum absolute atomic E-state index is 12.5. The summed E-state index contributed by atoms with van der Waals surface area (Å²) in [6, 6.07) is 25.7. The van der Waals surface area contributed by atoms with Gasteiger partial charge in [-0.15, -0.1) is 10.2 Å². The number of ether oxygens (including phenoxy) is 2. The van der Waals surface area contributed by atoms with Crippen molar-refractivity contribution in [2.45, 2.75) is 24.7 Å². The number of hydrogen-bond donors (Lipinski definition) is 1. The molecule has 0 saturated heterocycles. The molecule has 8 heteroatoms. The first-order chi connectivity index (χ1) is 17.2. The van der Waals surface area contributed by atoms with Crippen molar-refractivity contribution in [1.82, 2.24) is 20.1 Å². The Morgan fingerprint density at radius 1 is 0.886 bits per heavy atom. The number of benzene rings is 3. The van der Waals surface area contributed by atoms with E-state index in [0.29, 0.717) is 18.2 Å². The fourth-order valence-corrected chi connectivity index (χ4v) is 4.39. The van der Waals surface area contributed by atoms with Crippen LogP contribution in [0.15, 0.2) is 84.0 Å². The van der Waals surface area contributed by atoms with Crippen molar-refractivity contribution in [3.63, 3.8) is 0 Å². The average molecular weight is 489 g/mol. The molecule has 0 aliphatic carbocycles. The van der Waals surface area contributed by atoms with Crippen molar-refractivity contribution in [3.05, 3.63) is 90.0 Å². The van der Waals surface area contributed by atoms with E-state index in [1.165, 1.54) is 17.3 Å². The third-order valence-corrected chi connectivity index (χ3v) is 6.45. The number of carbonyl (C=O) groups is 1. The Hall–Kier alpha value is -3.78. The van der Waals surface area contributed by atoms with E-state index in [9.17, 15) is 4.79 Å². The highest BCUT2D eigenvalue weighted by Gasteiger charge is 2.16. The highest BCUT2D eigenvalue weighted by Crippen LogP contribution is 2.26. The van der Waals surface area contributed by atoms with Crippen LogP contribution in [0.4, 0.5) is 0 Å². The molecule has 0 radical (unpaired) electrons. The molecule has 0 unspecified atom stereocenters. The second kappa shape index (κ2) is 12.1. The number of nitrogens with one attached hydrogen (secondary N) is 1. The van der Waals surface area contributed by atoms with Crippen LogP contribution < -0.4 is 14.8 Å². The lowest BCUT2D eigenvalue weighted by molar-refractivity contribution is -0.118. The van der Waals surface area contributed by atoms with Crippen LogP contribution in [0.1, 0.15) is 11.1 Å². The lowest BCUT2D eigenvalue weighted by Gasteiger charge is -2.11. The normalized spacial score (nSPS) is 10.7. The highest BCUT2D eigenvalue weighted by atomic mass is 32.2. The Morgan fingerprint density at radius 2 is 1.63 bits per heavy atom. The molecule has 7 nitrogen and oxygen atoms in total. The SMILES string of the molecule is COc1ccc(-c2nnc(SCC(=O)NCc3cccc(OC)c3)n2CCc2ccccc2)cc1. The molecule has 1 N–H and O–H groups in total. The van der Waals surface area contributed by atoms with Gasteiger partial charge < -0.3 is 19.4 Å². The van der Waals surface area contributed by atoms with E-state index >= 15 is 0 Å². The first kappa shape index (κ1) is 24.3. The topological polar surface area (TPSA) is 78.3 Å². The molecule has 0 fully saturated rings. The first-order valence-electron chi connectivity index (χ1n) is 11.3. The molecular formula is C27H28N4O3S. The third kappa shape index (κ3) is 6.64. The Kier molecular flexibility index (Phi) is 8.40. The van der Waals surface area contributed by atoms with E-state index in [-0.39, 0.29) is 11.7 Å². The number of hydrogen-bond acceptors (Lipinski definition) is 6. The molecule has 0 spiro atoms. The van der Waals surface area contributed by atoms with Gasteiger partial charge in [0.05, 0.1) is 20.0 Å². The number of carbonyl (C=O) groups excluding carboxylic acids is 1. The molecule has 1 aromatic heterocycles. The number of methoxy groups -OCH3 is 2. The van der Waals surface area contributed by atoms with E-state index in [1.54, 1.807) is 14.2 Å². The fraction of sp³-hybridized carbons (Fsp3) is 0.222. The number of nitrogens with zero attached hydrogens (tertiary/aromatic N) is 3. The molecule has 35 heavy (non-hydrogen) atoms. The minimum atomic E-state index is -0.0681. The zero-order valence-corrected chi connectivity index (χ0v) is 20.6. The van der Waals surface area contributed by atoms with Gasteiger partial charge in [0.15, 0.2) is 11.0 Å². The summed E-state index contributed by atoms with van der Waals surface area (Å²) < 4.78 is 12.6. The van der Waals surface area contributed by atoms with Crippen LogP contribution in [0.3, 0.4) is 0 Å². The molecular weight excluding hydrogens is 460 g/mol. The predicted octanol–water partition coefficient (Wildman–Crippen LogP) is 4.61. The smallest absolute Gasteiger partial charge is 0.230 e. The number of aromatic nitrogens is 3. The molecule has 0 saturated carbocycles. The van der Waals surface area contributed by atoms with E-state index in [0.717, 1.165) is 34.9 Å². The minimum Gasteiger partial charge on any atom is -0.497 e. The molecule has 3 aromatic carbocycles. The Morgan fingerprint density at radius 3 is 2.37 bits per heavy atom. The van der Waals surface area contributed by atoms with Gasteiger partial charge in [-0.25, -0.2) is 0 Å². The number of rotatable bonds is 11. The van der Waals surface area contributed by atoms with E-state index in [4.69, 9.17) is 9.47 Å². The van der Waals surface area contributed by atoms with Crippen LogP contribution in [0.5, 0.6) is 11.5 Å². The lowest BCUT2D eigenvalue weighted by Crippen LogP contribution is -2.24. The standard InChI is InChI=1S/C27H28N4O3S/c1-33-23-13-11-22(12-14-23)26-29-30-27(31(26)16-15-20-7-4-3-5-8-20)35-19-25(32)28-18-21-9-6-10-24(17-21)34-2/h3-14,17H,15-16,18-19H2,1-2H3,(H,28,32). The van der Waals surface area contributed by atoms with Gasteiger partial charge in [0, 0.05) is 18.7 Å². The third-order valence-electron chi connectivity index (χ3n) is 5.49. The molecule has 1 amide bonds. The van der Waals surface area contributed by atoms with E-state index < -0.39 is 0 Å². The molecule has 0 atom stereocenters. The summed E-state index contributed by atoms with van der Waals surface area (Å²) in [6.45, 7) is 1.14. The quantitative estimate of drug-likeness (QED) is 0.311. The van der Waals surface area contributed by atoms with Crippen LogP contribution in [0.2, 0.25) is 0 Å². The summed E-state index contributed by atoms with van der Waals surface area (Å²) in [7, 11) is 3.27. The predicted molar refractivity (Wildman–Crippen MR) is 138 cm³/mol. The van der Waals surface area contributed by atoms with Crippen molar-refractivity contribution in [3.8, 4) is 22.9 Å². The van der Waals surface area contributed by atoms with Crippen LogP contribution in [-0.2, 0) is 24.3 Å². The van der Waals surface area contributed by atoms with E-state index in [2.05, 4.69) is 32.2 Å². The number of thioether (sulfide) groups is 1. The molecule has 4 rings (SSSR count). The second-order valence-electron chi connectivity index (χ2n) is 7.84. The van der Waals surface area contributed by atoms with E-state index in [1.807, 2.05) is 66.7 Å². The van der Waals surface area contributed by atoms with Crippen molar-refractivity contribution in [1.29, 1.82) is 0 Å². The average Bonchev–Trinajstić information content (AvgIpc) is 3.33. The van der Waals surface area contributed by atoms with Crippen molar-refractivity contribution in [2.24, 2.45) is 0 Å². The van der Waals surface area contributed by atoms with Gasteiger partial charge in [0.1, 0.15) is 11.5 Å². The van der Waals surface area contributed by atoms with Gasteiger partial charge in [-0.05, 0) is 53.9 Å². The molecule has 0 aliphatic rings. The summed E-state index contributed by atoms with van der Waals surface area (Å²) in [6.07, 6.45) is 0.831. The second-order valence-corrected chi connectivity index (χ2v) is 8.78. The zero-order valence-electron chi connectivity index (χ0n) is 19.8. The van der Waals surface area contributed by atoms with Gasteiger partial charge in [-0.3, -0.25) is 4.79 Å². The minimum absolute atomic E-state index is 0.0681. The lowest BCUT2D eigenvalue weighted by atomic mass is 10.1. The van der Waals surface area contributed by atoms with Crippen LogP contribution in [-0.4, -0.2) is 40.6 Å². The Labute approximate surface area is 209 Å². The molecule has 0 bridgehead atoms. The maximum atomic E-state index is 12.5. The fourth-order valence-electron chi connectivity index (χ4n) is 3.60. The first-order valence-corrected chi connectivity index (χ1v) is 12.3. The zero-order chi connectivity index (χ0) is 24.5. The van der Waals surface area contributed by atoms with Gasteiger partial charge in [0.2, 0.25) is 5.91 Å². The maximum Gasteiger partial charge on any atom is 0.230 e. The molecule has 0 aliphatic heterocycles. The number of amides is 1. The molecule has 1 heterocycles. The van der Waals surface area contributed by atoms with Gasteiger partial charge in [-0.2, -0.15) is 0 Å². The summed E-state index contributed by atoms with van der Waals surface area (Å²) in [5, 5.41) is 12.5. The van der Waals surface area contributed by atoms with Gasteiger partial charge in [0.25, 0.3) is 0 Å². The summed E-state index contributed by atoms with van der Waals surface area (Å²) in [4.78, 5) is 12.5. The highest BCUT2D eigenvalue weighted by molar-refractivity contribution is 7.99. The van der Waals surface area contributed by atoms with Crippen LogP contribution >= 0.6 is 11.8 Å². The Balaban J connectivity index is 1.45. The van der Waals surface area contributed by atoms with Crippen LogP contribution in [0, 0.1) is 0 Å². The largest absolute Gasteiger partial charge is 0.497 e. The van der Waals surface area contributed by atoms with Crippen molar-refractivity contribution in [2.75, 3.05) is 20.0 Å². The number of aryl methyl sites for hydroxylation is 1. The molecule has 180 valence electrons. The monoisotopic (exact) mass is 488 g/mol. The van der Waals surface area contributed by atoms with Crippen LogP contribution in [0.25, 0.3) is 11.4 Å². The molecule has 4 aromatic rings. The Bertz CT molecular complexity index is 1240. The van der Waals surface area contributed by atoms with Crippen molar-refractivity contribution >= 4 is 17.7 Å².